The minimum Gasteiger partial charge on any atom is -0.327 e. The average Bonchev–Trinajstić information content (AvgIpc) is 2.49. The SMILES string of the molecule is Cc1ccc(NC(=S)NC(=O)c2ccccc2Cl)c([N+](=O)[O-])c1. The van der Waals surface area contributed by atoms with Crippen LogP contribution in [0.1, 0.15) is 15.9 Å². The number of nitro benzene ring substituents is 1. The number of hydrogen-bond donors (Lipinski definition) is 2. The highest BCUT2D eigenvalue weighted by atomic mass is 35.5. The molecule has 23 heavy (non-hydrogen) atoms. The van der Waals surface area contributed by atoms with Gasteiger partial charge in [0.2, 0.25) is 0 Å². The van der Waals surface area contributed by atoms with E-state index in [9.17, 15) is 14.9 Å². The molecule has 6 nitrogen and oxygen atoms in total. The summed E-state index contributed by atoms with van der Waals surface area (Å²) in [7, 11) is 0. The van der Waals surface area contributed by atoms with E-state index in [-0.39, 0.29) is 27.1 Å². The smallest absolute Gasteiger partial charge is 0.292 e. The zero-order chi connectivity index (χ0) is 17.0. The Morgan fingerprint density at radius 2 is 1.96 bits per heavy atom. The van der Waals surface area contributed by atoms with Crippen LogP contribution in [0.25, 0.3) is 0 Å². The van der Waals surface area contributed by atoms with Gasteiger partial charge in [0.15, 0.2) is 5.11 Å². The number of halogens is 1. The third-order valence-electron chi connectivity index (χ3n) is 2.94. The van der Waals surface area contributed by atoms with Gasteiger partial charge in [-0.05, 0) is 42.9 Å². The molecule has 0 aliphatic rings. The lowest BCUT2D eigenvalue weighted by atomic mass is 10.2. The van der Waals surface area contributed by atoms with Crippen LogP contribution in [0, 0.1) is 17.0 Å². The number of aryl methyl sites for hydroxylation is 1. The number of carbonyl (C=O) groups excluding carboxylic acids is 1. The summed E-state index contributed by atoms with van der Waals surface area (Å²) in [5, 5.41) is 16.4. The standard InChI is InChI=1S/C15H12ClN3O3S/c1-9-6-7-12(13(8-9)19(21)22)17-15(23)18-14(20)10-4-2-3-5-11(10)16/h2-8H,1H3,(H2,17,18,20,23). The number of thiocarbonyl (C=S) groups is 1. The molecule has 0 aliphatic heterocycles. The van der Waals surface area contributed by atoms with Gasteiger partial charge >= 0.3 is 0 Å². The third kappa shape index (κ3) is 4.24. The van der Waals surface area contributed by atoms with Gasteiger partial charge in [-0.15, -0.1) is 0 Å². The van der Waals surface area contributed by atoms with Gasteiger partial charge in [0.1, 0.15) is 5.69 Å². The number of amides is 1. The van der Waals surface area contributed by atoms with Gasteiger partial charge < -0.3 is 5.32 Å². The van der Waals surface area contributed by atoms with Crippen molar-refractivity contribution in [2.75, 3.05) is 5.32 Å². The van der Waals surface area contributed by atoms with Crippen LogP contribution in [0.5, 0.6) is 0 Å². The Labute approximate surface area is 142 Å². The summed E-state index contributed by atoms with van der Waals surface area (Å²) in [6, 6.07) is 11.1. The molecule has 0 aliphatic carbocycles. The number of hydrogen-bond acceptors (Lipinski definition) is 4. The number of anilines is 1. The van der Waals surface area contributed by atoms with Crippen molar-refractivity contribution in [3.63, 3.8) is 0 Å². The van der Waals surface area contributed by atoms with Crippen molar-refractivity contribution in [2.45, 2.75) is 6.92 Å². The maximum absolute atomic E-state index is 12.1. The first-order valence-corrected chi connectivity index (χ1v) is 7.29. The Balaban J connectivity index is 2.13. The number of nitro groups is 1. The Morgan fingerprint density at radius 3 is 2.61 bits per heavy atom. The van der Waals surface area contributed by atoms with E-state index in [1.165, 1.54) is 12.1 Å². The predicted molar refractivity (Wildman–Crippen MR) is 93.0 cm³/mol. The molecule has 0 radical (unpaired) electrons. The zero-order valence-corrected chi connectivity index (χ0v) is 13.6. The predicted octanol–water partition coefficient (Wildman–Crippen LogP) is 3.68. The highest BCUT2D eigenvalue weighted by Crippen LogP contribution is 2.25. The number of benzene rings is 2. The first-order valence-electron chi connectivity index (χ1n) is 6.50. The van der Waals surface area contributed by atoms with Crippen molar-refractivity contribution in [3.05, 3.63) is 68.7 Å². The van der Waals surface area contributed by atoms with E-state index in [1.54, 1.807) is 37.3 Å². The molecule has 2 N–H and O–H groups in total. The minimum atomic E-state index is -0.520. The third-order valence-corrected chi connectivity index (χ3v) is 3.48. The van der Waals surface area contributed by atoms with E-state index in [4.69, 9.17) is 23.8 Å². The van der Waals surface area contributed by atoms with Crippen molar-refractivity contribution in [2.24, 2.45) is 0 Å². The molecule has 0 spiro atoms. The Bertz CT molecular complexity index is 795. The van der Waals surface area contributed by atoms with E-state index in [1.807, 2.05) is 0 Å². The van der Waals surface area contributed by atoms with E-state index in [0.717, 1.165) is 5.56 Å². The van der Waals surface area contributed by atoms with Crippen LogP contribution < -0.4 is 10.6 Å². The maximum Gasteiger partial charge on any atom is 0.292 e. The summed E-state index contributed by atoms with van der Waals surface area (Å²) >= 11 is 11.0. The van der Waals surface area contributed by atoms with Crippen LogP contribution in [0.15, 0.2) is 42.5 Å². The molecular weight excluding hydrogens is 338 g/mol. The largest absolute Gasteiger partial charge is 0.327 e. The fourth-order valence-electron chi connectivity index (χ4n) is 1.87. The average molecular weight is 350 g/mol. The minimum absolute atomic E-state index is 0.0538. The molecule has 0 fully saturated rings. The van der Waals surface area contributed by atoms with Crippen molar-refractivity contribution in [1.29, 1.82) is 0 Å². The molecule has 1 amide bonds. The van der Waals surface area contributed by atoms with Crippen LogP contribution in [-0.2, 0) is 0 Å². The van der Waals surface area contributed by atoms with E-state index >= 15 is 0 Å². The molecule has 0 saturated heterocycles. The van der Waals surface area contributed by atoms with Gasteiger partial charge in [0.05, 0.1) is 15.5 Å². The van der Waals surface area contributed by atoms with Crippen molar-refractivity contribution in [3.8, 4) is 0 Å². The fourth-order valence-corrected chi connectivity index (χ4v) is 2.29. The zero-order valence-electron chi connectivity index (χ0n) is 12.0. The van der Waals surface area contributed by atoms with Crippen LogP contribution in [0.3, 0.4) is 0 Å². The molecular formula is C15H12ClN3O3S. The van der Waals surface area contributed by atoms with Gasteiger partial charge in [-0.2, -0.15) is 0 Å². The highest BCUT2D eigenvalue weighted by molar-refractivity contribution is 7.80. The molecule has 2 aromatic carbocycles. The summed E-state index contributed by atoms with van der Waals surface area (Å²) < 4.78 is 0. The summed E-state index contributed by atoms with van der Waals surface area (Å²) in [4.78, 5) is 22.6. The first-order chi connectivity index (χ1) is 10.9. The summed E-state index contributed by atoms with van der Waals surface area (Å²) in [6.07, 6.45) is 0. The van der Waals surface area contributed by atoms with Gasteiger partial charge in [0.25, 0.3) is 11.6 Å². The fraction of sp³-hybridized carbons (Fsp3) is 0.0667. The first kappa shape index (κ1) is 16.9. The summed E-state index contributed by atoms with van der Waals surface area (Å²) in [6.45, 7) is 1.74. The lowest BCUT2D eigenvalue weighted by molar-refractivity contribution is -0.383. The molecule has 0 aromatic heterocycles. The number of rotatable bonds is 3. The maximum atomic E-state index is 12.1. The lowest BCUT2D eigenvalue weighted by Crippen LogP contribution is -2.34. The molecule has 8 heteroatoms. The van der Waals surface area contributed by atoms with Crippen molar-refractivity contribution < 1.29 is 9.72 Å². The van der Waals surface area contributed by atoms with Crippen LogP contribution in [-0.4, -0.2) is 15.9 Å². The van der Waals surface area contributed by atoms with Crippen molar-refractivity contribution in [1.82, 2.24) is 5.32 Å². The molecule has 0 heterocycles. The Kier molecular flexibility index (Phi) is 5.25. The van der Waals surface area contributed by atoms with Gasteiger partial charge in [-0.25, -0.2) is 0 Å². The number of nitrogens with one attached hydrogen (secondary N) is 2. The lowest BCUT2D eigenvalue weighted by Gasteiger charge is -2.11. The van der Waals surface area contributed by atoms with Crippen molar-refractivity contribution >= 4 is 46.2 Å². The second-order valence-corrected chi connectivity index (χ2v) is 5.48. The molecule has 118 valence electrons. The Morgan fingerprint density at radius 1 is 1.26 bits per heavy atom. The van der Waals surface area contributed by atoms with E-state index in [0.29, 0.717) is 0 Å². The normalized spacial score (nSPS) is 10.0. The Hall–Kier alpha value is -2.51. The molecule has 0 bridgehead atoms. The van der Waals surface area contributed by atoms with Crippen LogP contribution >= 0.6 is 23.8 Å². The van der Waals surface area contributed by atoms with Crippen LogP contribution in [0.2, 0.25) is 5.02 Å². The second kappa shape index (κ2) is 7.17. The van der Waals surface area contributed by atoms with Gasteiger partial charge in [-0.1, -0.05) is 29.8 Å². The van der Waals surface area contributed by atoms with E-state index in [2.05, 4.69) is 10.6 Å². The van der Waals surface area contributed by atoms with Crippen LogP contribution in [0.4, 0.5) is 11.4 Å². The molecule has 0 saturated carbocycles. The summed E-state index contributed by atoms with van der Waals surface area (Å²) in [5.41, 5.74) is 1.08. The van der Waals surface area contributed by atoms with Gasteiger partial charge in [0, 0.05) is 6.07 Å². The highest BCUT2D eigenvalue weighted by Gasteiger charge is 2.16. The molecule has 2 rings (SSSR count). The number of nitrogens with zero attached hydrogens (tertiary/aromatic N) is 1. The molecule has 0 unspecified atom stereocenters. The van der Waals surface area contributed by atoms with E-state index < -0.39 is 10.8 Å². The molecule has 2 aromatic rings. The monoisotopic (exact) mass is 349 g/mol. The topological polar surface area (TPSA) is 84.3 Å². The second-order valence-electron chi connectivity index (χ2n) is 4.67. The van der Waals surface area contributed by atoms with Gasteiger partial charge in [-0.3, -0.25) is 20.2 Å². The number of carbonyl (C=O) groups is 1. The molecule has 0 atom stereocenters. The quantitative estimate of drug-likeness (QED) is 0.501. The summed E-state index contributed by atoms with van der Waals surface area (Å²) in [5.74, 6) is -0.497.